The van der Waals surface area contributed by atoms with Crippen LogP contribution in [0.15, 0.2) is 0 Å². The number of aliphatic hydroxyl groups is 1. The number of sulfonamides is 1. The van der Waals surface area contributed by atoms with Gasteiger partial charge < -0.3 is 5.11 Å². The summed E-state index contributed by atoms with van der Waals surface area (Å²) in [5.41, 5.74) is 0. The molecule has 8 heteroatoms. The standard InChI is InChI=1S/C12H22F3NO3S/c1-9(2)5-8-20(18,19)16-6-3-10(4-7-16)11(17)12(13,14)15/h9-11,17H,3-8H2,1-2H3. The minimum absolute atomic E-state index is 0.0250. The lowest BCUT2D eigenvalue weighted by atomic mass is 9.92. The molecule has 20 heavy (non-hydrogen) atoms. The molecule has 0 aliphatic carbocycles. The molecule has 0 aromatic heterocycles. The molecule has 1 saturated heterocycles. The first kappa shape index (κ1) is 17.7. The SMILES string of the molecule is CC(C)CCS(=O)(=O)N1CCC(C(O)C(F)(F)F)CC1. The van der Waals surface area contributed by atoms with E-state index in [1.165, 1.54) is 4.31 Å². The third-order valence-electron chi connectivity index (χ3n) is 3.63. The Balaban J connectivity index is 2.54. The molecule has 1 rings (SSSR count). The fraction of sp³-hybridized carbons (Fsp3) is 1.00. The maximum Gasteiger partial charge on any atom is 0.414 e. The van der Waals surface area contributed by atoms with Gasteiger partial charge >= 0.3 is 6.18 Å². The van der Waals surface area contributed by atoms with Crippen molar-refractivity contribution >= 4 is 10.0 Å². The number of alkyl halides is 3. The second-order valence-electron chi connectivity index (χ2n) is 5.72. The van der Waals surface area contributed by atoms with Gasteiger partial charge in [0.05, 0.1) is 5.75 Å². The average Bonchev–Trinajstić information content (AvgIpc) is 2.35. The number of aliphatic hydroxyl groups excluding tert-OH is 1. The number of rotatable bonds is 5. The molecule has 0 amide bonds. The van der Waals surface area contributed by atoms with Crippen LogP contribution in [0.5, 0.6) is 0 Å². The Labute approximate surface area is 118 Å². The van der Waals surface area contributed by atoms with Crippen molar-refractivity contribution in [3.63, 3.8) is 0 Å². The molecule has 1 N–H and O–H groups in total. The normalized spacial score (nSPS) is 21.4. The molecule has 4 nitrogen and oxygen atoms in total. The quantitative estimate of drug-likeness (QED) is 0.844. The molecule has 1 aliphatic heterocycles. The first-order chi connectivity index (χ1) is 9.04. The van der Waals surface area contributed by atoms with Gasteiger partial charge in [-0.15, -0.1) is 0 Å². The van der Waals surface area contributed by atoms with Crippen LogP contribution >= 0.6 is 0 Å². The van der Waals surface area contributed by atoms with Crippen LogP contribution in [-0.2, 0) is 10.0 Å². The minimum Gasteiger partial charge on any atom is -0.383 e. The van der Waals surface area contributed by atoms with E-state index in [9.17, 15) is 26.7 Å². The first-order valence-electron chi connectivity index (χ1n) is 6.76. The maximum absolute atomic E-state index is 12.4. The van der Waals surface area contributed by atoms with E-state index in [4.69, 9.17) is 0 Å². The van der Waals surface area contributed by atoms with Crippen LogP contribution in [-0.4, -0.2) is 49.0 Å². The lowest BCUT2D eigenvalue weighted by Crippen LogP contribution is -2.45. The van der Waals surface area contributed by atoms with Crippen molar-refractivity contribution < 1.29 is 26.7 Å². The van der Waals surface area contributed by atoms with Crippen LogP contribution in [0.4, 0.5) is 13.2 Å². The summed E-state index contributed by atoms with van der Waals surface area (Å²) >= 11 is 0. The zero-order valence-electron chi connectivity index (χ0n) is 11.7. The van der Waals surface area contributed by atoms with Crippen LogP contribution in [0.2, 0.25) is 0 Å². The topological polar surface area (TPSA) is 57.6 Å². The molecule has 1 heterocycles. The Hall–Kier alpha value is -0.340. The van der Waals surface area contributed by atoms with Crippen molar-refractivity contribution in [2.24, 2.45) is 11.8 Å². The highest BCUT2D eigenvalue weighted by molar-refractivity contribution is 7.89. The van der Waals surface area contributed by atoms with Gasteiger partial charge in [-0.1, -0.05) is 13.8 Å². The van der Waals surface area contributed by atoms with Gasteiger partial charge in [0, 0.05) is 13.1 Å². The number of piperidine rings is 1. The van der Waals surface area contributed by atoms with Crippen molar-refractivity contribution in [2.75, 3.05) is 18.8 Å². The molecule has 0 saturated carbocycles. The number of halogens is 3. The highest BCUT2D eigenvalue weighted by atomic mass is 32.2. The van der Waals surface area contributed by atoms with Gasteiger partial charge in [0.15, 0.2) is 6.10 Å². The minimum atomic E-state index is -4.64. The van der Waals surface area contributed by atoms with Crippen LogP contribution in [0.25, 0.3) is 0 Å². The van der Waals surface area contributed by atoms with Crippen molar-refractivity contribution in [3.8, 4) is 0 Å². The van der Waals surface area contributed by atoms with E-state index in [1.807, 2.05) is 13.8 Å². The molecular weight excluding hydrogens is 295 g/mol. The van der Waals surface area contributed by atoms with Gasteiger partial charge in [0.25, 0.3) is 0 Å². The Morgan fingerprint density at radius 1 is 1.25 bits per heavy atom. The van der Waals surface area contributed by atoms with Crippen molar-refractivity contribution in [3.05, 3.63) is 0 Å². The molecule has 120 valence electrons. The van der Waals surface area contributed by atoms with E-state index in [0.717, 1.165) is 0 Å². The summed E-state index contributed by atoms with van der Waals surface area (Å²) in [4.78, 5) is 0. The van der Waals surface area contributed by atoms with E-state index in [1.54, 1.807) is 0 Å². The third kappa shape index (κ3) is 4.89. The zero-order chi connectivity index (χ0) is 15.6. The average molecular weight is 317 g/mol. The predicted molar refractivity (Wildman–Crippen MR) is 69.6 cm³/mol. The second kappa shape index (κ2) is 6.62. The van der Waals surface area contributed by atoms with Gasteiger partial charge in [0.2, 0.25) is 10.0 Å². The zero-order valence-corrected chi connectivity index (χ0v) is 12.5. The number of hydrogen-bond acceptors (Lipinski definition) is 3. The summed E-state index contributed by atoms with van der Waals surface area (Å²) < 4.78 is 62.4. The third-order valence-corrected chi connectivity index (χ3v) is 5.53. The monoisotopic (exact) mass is 317 g/mol. The largest absolute Gasteiger partial charge is 0.414 e. The Morgan fingerprint density at radius 3 is 2.15 bits per heavy atom. The molecule has 0 radical (unpaired) electrons. The molecule has 0 spiro atoms. The fourth-order valence-electron chi connectivity index (χ4n) is 2.25. The summed E-state index contributed by atoms with van der Waals surface area (Å²) in [5.74, 6) is -0.627. The highest BCUT2D eigenvalue weighted by Gasteiger charge is 2.44. The Bertz CT molecular complexity index is 401. The Morgan fingerprint density at radius 2 is 1.75 bits per heavy atom. The number of nitrogens with zero attached hydrogens (tertiary/aromatic N) is 1. The smallest absolute Gasteiger partial charge is 0.383 e. The van der Waals surface area contributed by atoms with E-state index in [-0.39, 0.29) is 37.6 Å². The first-order valence-corrected chi connectivity index (χ1v) is 8.37. The summed E-state index contributed by atoms with van der Waals surface area (Å²) in [5, 5.41) is 9.18. The van der Waals surface area contributed by atoms with Gasteiger partial charge in [0.1, 0.15) is 0 Å². The summed E-state index contributed by atoms with van der Waals surface area (Å²) in [6, 6.07) is 0. The van der Waals surface area contributed by atoms with Crippen LogP contribution in [0.1, 0.15) is 33.1 Å². The lowest BCUT2D eigenvalue weighted by molar-refractivity contribution is -0.222. The van der Waals surface area contributed by atoms with Gasteiger partial charge in [-0.3, -0.25) is 0 Å². The van der Waals surface area contributed by atoms with Crippen molar-refractivity contribution in [1.29, 1.82) is 0 Å². The van der Waals surface area contributed by atoms with Gasteiger partial charge in [-0.05, 0) is 31.1 Å². The molecular formula is C12H22F3NO3S. The van der Waals surface area contributed by atoms with Crippen LogP contribution < -0.4 is 0 Å². The molecule has 1 atom stereocenters. The van der Waals surface area contributed by atoms with E-state index >= 15 is 0 Å². The molecule has 1 unspecified atom stereocenters. The number of hydrogen-bond donors (Lipinski definition) is 1. The summed E-state index contributed by atoms with van der Waals surface area (Å²) in [6.45, 7) is 3.94. The highest BCUT2D eigenvalue weighted by Crippen LogP contribution is 2.32. The van der Waals surface area contributed by atoms with Crippen LogP contribution in [0, 0.1) is 11.8 Å². The lowest BCUT2D eigenvalue weighted by Gasteiger charge is -2.34. The van der Waals surface area contributed by atoms with Crippen LogP contribution in [0.3, 0.4) is 0 Å². The fourth-order valence-corrected chi connectivity index (χ4v) is 4.05. The summed E-state index contributed by atoms with van der Waals surface area (Å²) in [6.07, 6.45) is -6.37. The van der Waals surface area contributed by atoms with E-state index in [0.29, 0.717) is 6.42 Å². The maximum atomic E-state index is 12.4. The van der Waals surface area contributed by atoms with Gasteiger partial charge in [-0.2, -0.15) is 13.2 Å². The van der Waals surface area contributed by atoms with E-state index in [2.05, 4.69) is 0 Å². The molecule has 0 aromatic carbocycles. The molecule has 0 aromatic rings. The second-order valence-corrected chi connectivity index (χ2v) is 7.81. The van der Waals surface area contributed by atoms with E-state index < -0.39 is 28.2 Å². The molecule has 0 bridgehead atoms. The summed E-state index contributed by atoms with van der Waals surface area (Å²) in [7, 11) is -3.39. The molecule has 1 aliphatic rings. The van der Waals surface area contributed by atoms with Crippen molar-refractivity contribution in [1.82, 2.24) is 4.31 Å². The van der Waals surface area contributed by atoms with Gasteiger partial charge in [-0.25, -0.2) is 12.7 Å². The van der Waals surface area contributed by atoms with Crippen molar-refractivity contribution in [2.45, 2.75) is 45.4 Å². The predicted octanol–water partition coefficient (Wildman–Crippen LogP) is 2.00. The Kier molecular flexibility index (Phi) is 5.86. The molecule has 1 fully saturated rings.